The van der Waals surface area contributed by atoms with E-state index in [4.69, 9.17) is 0 Å². The number of rotatable bonds is 16. The predicted molar refractivity (Wildman–Crippen MR) is 110 cm³/mol. The van der Waals surface area contributed by atoms with Crippen LogP contribution in [0.1, 0.15) is 96.5 Å². The molecule has 2 heteroatoms. The molecule has 25 heavy (non-hydrogen) atoms. The zero-order valence-electron chi connectivity index (χ0n) is 16.8. The standard InChI is InChI=1S/C23H41NO/c1-3-5-7-9-11-15-19-24(20-16-12-10-8-6-4-2)21-22-17-13-14-18-23(22)25/h13-14,17-18,25H,3-12,15-16,19-21H2,1-2H3. The van der Waals surface area contributed by atoms with Gasteiger partial charge in [-0.15, -0.1) is 0 Å². The third-order valence-corrected chi connectivity index (χ3v) is 5.04. The van der Waals surface area contributed by atoms with E-state index in [-0.39, 0.29) is 0 Å². The molecule has 1 rings (SSSR count). The fourth-order valence-electron chi connectivity index (χ4n) is 3.39. The molecule has 0 saturated carbocycles. The number of hydrogen-bond donors (Lipinski definition) is 1. The Morgan fingerprint density at radius 1 is 0.680 bits per heavy atom. The van der Waals surface area contributed by atoms with Crippen LogP contribution >= 0.6 is 0 Å². The molecule has 1 aromatic carbocycles. The second kappa shape index (κ2) is 15.3. The number of para-hydroxylation sites is 1. The molecule has 2 nitrogen and oxygen atoms in total. The molecule has 1 N–H and O–H groups in total. The fourth-order valence-corrected chi connectivity index (χ4v) is 3.39. The van der Waals surface area contributed by atoms with Crippen molar-refractivity contribution in [3.05, 3.63) is 29.8 Å². The lowest BCUT2D eigenvalue weighted by atomic mass is 10.1. The molecular formula is C23H41NO. The van der Waals surface area contributed by atoms with Gasteiger partial charge in [0.2, 0.25) is 0 Å². The largest absolute Gasteiger partial charge is 0.508 e. The molecule has 0 aliphatic carbocycles. The van der Waals surface area contributed by atoms with E-state index < -0.39 is 0 Å². The minimum atomic E-state index is 0.443. The molecular weight excluding hydrogens is 306 g/mol. The van der Waals surface area contributed by atoms with Crippen LogP contribution in [0.25, 0.3) is 0 Å². The lowest BCUT2D eigenvalue weighted by molar-refractivity contribution is 0.249. The van der Waals surface area contributed by atoms with E-state index >= 15 is 0 Å². The van der Waals surface area contributed by atoms with Crippen LogP contribution in [0.5, 0.6) is 5.75 Å². The van der Waals surface area contributed by atoms with Crippen molar-refractivity contribution in [2.45, 2.75) is 97.4 Å². The van der Waals surface area contributed by atoms with E-state index in [2.05, 4.69) is 24.8 Å². The lowest BCUT2D eigenvalue weighted by Gasteiger charge is -2.23. The highest BCUT2D eigenvalue weighted by Gasteiger charge is 2.08. The summed E-state index contributed by atoms with van der Waals surface area (Å²) in [7, 11) is 0. The summed E-state index contributed by atoms with van der Waals surface area (Å²) in [4.78, 5) is 2.55. The van der Waals surface area contributed by atoms with Crippen LogP contribution in [0.2, 0.25) is 0 Å². The molecule has 0 heterocycles. The van der Waals surface area contributed by atoms with Crippen LogP contribution in [0.15, 0.2) is 24.3 Å². The molecule has 0 radical (unpaired) electrons. The summed E-state index contributed by atoms with van der Waals surface area (Å²) in [5.74, 6) is 0.443. The Morgan fingerprint density at radius 2 is 1.16 bits per heavy atom. The van der Waals surface area contributed by atoms with Crippen molar-refractivity contribution >= 4 is 0 Å². The first-order chi connectivity index (χ1) is 12.3. The van der Waals surface area contributed by atoms with E-state index in [1.165, 1.54) is 77.0 Å². The lowest BCUT2D eigenvalue weighted by Crippen LogP contribution is -2.25. The van der Waals surface area contributed by atoms with Gasteiger partial charge in [0.25, 0.3) is 0 Å². The summed E-state index contributed by atoms with van der Waals surface area (Å²) < 4.78 is 0. The van der Waals surface area contributed by atoms with Gasteiger partial charge >= 0.3 is 0 Å². The smallest absolute Gasteiger partial charge is 0.120 e. The van der Waals surface area contributed by atoms with Crippen molar-refractivity contribution in [3.8, 4) is 5.75 Å². The maximum absolute atomic E-state index is 10.1. The molecule has 0 amide bonds. The van der Waals surface area contributed by atoms with Gasteiger partial charge in [0, 0.05) is 12.1 Å². The number of hydrogen-bond acceptors (Lipinski definition) is 2. The van der Waals surface area contributed by atoms with E-state index in [1.54, 1.807) is 0 Å². The van der Waals surface area contributed by atoms with Gasteiger partial charge < -0.3 is 5.11 Å². The number of aromatic hydroxyl groups is 1. The Labute approximate surface area is 156 Å². The average Bonchev–Trinajstić information content (AvgIpc) is 2.62. The Bertz CT molecular complexity index is 402. The van der Waals surface area contributed by atoms with Gasteiger partial charge in [0.05, 0.1) is 0 Å². The quantitative estimate of drug-likeness (QED) is 0.328. The number of phenolic OH excluding ortho intramolecular Hbond substituents is 1. The van der Waals surface area contributed by atoms with E-state index in [0.717, 1.165) is 25.2 Å². The van der Waals surface area contributed by atoms with Gasteiger partial charge in [-0.1, -0.05) is 96.3 Å². The topological polar surface area (TPSA) is 23.5 Å². The first kappa shape index (κ1) is 22.0. The van der Waals surface area contributed by atoms with Gasteiger partial charge in [0.15, 0.2) is 0 Å². The highest BCUT2D eigenvalue weighted by molar-refractivity contribution is 5.31. The molecule has 144 valence electrons. The monoisotopic (exact) mass is 347 g/mol. The zero-order chi connectivity index (χ0) is 18.2. The zero-order valence-corrected chi connectivity index (χ0v) is 16.8. The average molecular weight is 348 g/mol. The summed E-state index contributed by atoms with van der Waals surface area (Å²) in [5, 5.41) is 10.1. The van der Waals surface area contributed by atoms with Crippen LogP contribution in [0.4, 0.5) is 0 Å². The Kier molecular flexibility index (Phi) is 13.4. The van der Waals surface area contributed by atoms with Crippen molar-refractivity contribution in [3.63, 3.8) is 0 Å². The SMILES string of the molecule is CCCCCCCCN(CCCCCCCC)Cc1ccccc1O. The Balaban J connectivity index is 2.34. The Morgan fingerprint density at radius 3 is 1.68 bits per heavy atom. The van der Waals surface area contributed by atoms with Crippen molar-refractivity contribution < 1.29 is 5.11 Å². The fraction of sp³-hybridized carbons (Fsp3) is 0.739. The number of phenols is 1. The molecule has 0 bridgehead atoms. The number of unbranched alkanes of at least 4 members (excludes halogenated alkanes) is 10. The van der Waals surface area contributed by atoms with Gasteiger partial charge in [-0.2, -0.15) is 0 Å². The molecule has 0 fully saturated rings. The highest BCUT2D eigenvalue weighted by atomic mass is 16.3. The highest BCUT2D eigenvalue weighted by Crippen LogP contribution is 2.19. The normalized spacial score (nSPS) is 11.3. The van der Waals surface area contributed by atoms with E-state index in [0.29, 0.717) is 5.75 Å². The van der Waals surface area contributed by atoms with Crippen LogP contribution in [-0.4, -0.2) is 23.1 Å². The van der Waals surface area contributed by atoms with Crippen LogP contribution in [0, 0.1) is 0 Å². The Hall–Kier alpha value is -1.02. The molecule has 0 atom stereocenters. The predicted octanol–water partition coefficient (Wildman–Crippen LogP) is 6.92. The maximum atomic E-state index is 10.1. The molecule has 0 aliphatic heterocycles. The van der Waals surface area contributed by atoms with E-state index in [9.17, 15) is 5.11 Å². The van der Waals surface area contributed by atoms with Crippen LogP contribution < -0.4 is 0 Å². The van der Waals surface area contributed by atoms with Crippen molar-refractivity contribution in [1.29, 1.82) is 0 Å². The van der Waals surface area contributed by atoms with Gasteiger partial charge in [0.1, 0.15) is 5.75 Å². The summed E-state index contributed by atoms with van der Waals surface area (Å²) >= 11 is 0. The second-order valence-electron chi connectivity index (χ2n) is 7.44. The number of benzene rings is 1. The van der Waals surface area contributed by atoms with E-state index in [1.807, 2.05) is 18.2 Å². The maximum Gasteiger partial charge on any atom is 0.120 e. The molecule has 1 aromatic rings. The molecule has 0 unspecified atom stereocenters. The van der Waals surface area contributed by atoms with Crippen molar-refractivity contribution in [1.82, 2.24) is 4.90 Å². The van der Waals surface area contributed by atoms with Gasteiger partial charge in [-0.05, 0) is 32.0 Å². The molecule has 0 aliphatic rings. The van der Waals surface area contributed by atoms with Crippen molar-refractivity contribution in [2.75, 3.05) is 13.1 Å². The first-order valence-electron chi connectivity index (χ1n) is 10.8. The second-order valence-corrected chi connectivity index (χ2v) is 7.44. The third-order valence-electron chi connectivity index (χ3n) is 5.04. The van der Waals surface area contributed by atoms with Gasteiger partial charge in [-0.3, -0.25) is 4.90 Å². The summed E-state index contributed by atoms with van der Waals surface area (Å²) in [6.07, 6.45) is 16.1. The van der Waals surface area contributed by atoms with Crippen LogP contribution in [-0.2, 0) is 6.54 Å². The van der Waals surface area contributed by atoms with Crippen LogP contribution in [0.3, 0.4) is 0 Å². The molecule has 0 aromatic heterocycles. The molecule has 0 spiro atoms. The van der Waals surface area contributed by atoms with Crippen molar-refractivity contribution in [2.24, 2.45) is 0 Å². The summed E-state index contributed by atoms with van der Waals surface area (Å²) in [6, 6.07) is 7.81. The first-order valence-corrected chi connectivity index (χ1v) is 10.8. The summed E-state index contributed by atoms with van der Waals surface area (Å²) in [5.41, 5.74) is 1.07. The van der Waals surface area contributed by atoms with Gasteiger partial charge in [-0.25, -0.2) is 0 Å². The number of nitrogens with zero attached hydrogens (tertiary/aromatic N) is 1. The minimum Gasteiger partial charge on any atom is -0.508 e. The minimum absolute atomic E-state index is 0.443. The third kappa shape index (κ3) is 11.3. The summed E-state index contributed by atoms with van der Waals surface area (Å²) in [6.45, 7) is 7.75. The molecule has 0 saturated heterocycles.